The van der Waals surface area contributed by atoms with Crippen LogP contribution in [0.5, 0.6) is 11.5 Å². The number of aromatic nitrogens is 2. The fraction of sp³-hybridized carbons (Fsp3) is 0.438. The van der Waals surface area contributed by atoms with Crippen LogP contribution in [0.15, 0.2) is 18.2 Å². The summed E-state index contributed by atoms with van der Waals surface area (Å²) in [5, 5.41) is 4.44. The molecule has 2 N–H and O–H groups in total. The molecular weight excluding hydrogens is 266 g/mol. The number of nitrogens with zero attached hydrogens (tertiary/aromatic N) is 2. The fourth-order valence-corrected chi connectivity index (χ4v) is 2.57. The number of nitrogens with two attached hydrogens (primary N) is 1. The van der Waals surface area contributed by atoms with Crippen LogP contribution in [0.1, 0.15) is 28.6 Å². The Morgan fingerprint density at radius 2 is 1.95 bits per heavy atom. The average molecular weight is 289 g/mol. The molecule has 1 heterocycles. The Bertz CT molecular complexity index is 635. The highest BCUT2D eigenvalue weighted by molar-refractivity contribution is 5.43. The molecule has 5 nitrogen and oxygen atoms in total. The first-order chi connectivity index (χ1) is 9.97. The Labute approximate surface area is 125 Å². The molecule has 0 saturated heterocycles. The lowest BCUT2D eigenvalue weighted by molar-refractivity contribution is 0.388. The normalized spacial score (nSPS) is 12.3. The third-order valence-electron chi connectivity index (χ3n) is 3.92. The summed E-state index contributed by atoms with van der Waals surface area (Å²) in [5.41, 5.74) is 10.7. The largest absolute Gasteiger partial charge is 0.497 e. The quantitative estimate of drug-likeness (QED) is 0.917. The molecule has 1 aromatic heterocycles. The number of ether oxygens (including phenoxy) is 2. The standard InChI is InChI=1S/C16H23N3O2/c1-10-14(11(2)19(3)18-10)9-15(17)13-7-6-12(20-4)8-16(13)21-5/h6-8,15H,9,17H2,1-5H3. The van der Waals surface area contributed by atoms with Crippen LogP contribution in [0.2, 0.25) is 0 Å². The van der Waals surface area contributed by atoms with Crippen molar-refractivity contribution in [2.24, 2.45) is 12.8 Å². The third kappa shape index (κ3) is 3.03. The van der Waals surface area contributed by atoms with Crippen LogP contribution < -0.4 is 15.2 Å². The molecule has 0 aliphatic heterocycles. The number of methoxy groups -OCH3 is 2. The van der Waals surface area contributed by atoms with Crippen molar-refractivity contribution in [3.63, 3.8) is 0 Å². The summed E-state index contributed by atoms with van der Waals surface area (Å²) in [6.45, 7) is 4.08. The van der Waals surface area contributed by atoms with Crippen molar-refractivity contribution < 1.29 is 9.47 Å². The molecule has 1 unspecified atom stereocenters. The van der Waals surface area contributed by atoms with E-state index in [1.807, 2.05) is 36.9 Å². The van der Waals surface area contributed by atoms with Crippen molar-refractivity contribution in [2.75, 3.05) is 14.2 Å². The van der Waals surface area contributed by atoms with Crippen molar-refractivity contribution in [3.05, 3.63) is 40.7 Å². The van der Waals surface area contributed by atoms with Crippen LogP contribution in [0.3, 0.4) is 0 Å². The summed E-state index contributed by atoms with van der Waals surface area (Å²) in [6, 6.07) is 5.58. The smallest absolute Gasteiger partial charge is 0.127 e. The lowest BCUT2D eigenvalue weighted by Crippen LogP contribution is -2.15. The number of benzene rings is 1. The van der Waals surface area contributed by atoms with Gasteiger partial charge in [0.2, 0.25) is 0 Å². The van der Waals surface area contributed by atoms with Gasteiger partial charge in [-0.1, -0.05) is 6.07 Å². The number of aryl methyl sites for hydroxylation is 2. The van der Waals surface area contributed by atoms with E-state index < -0.39 is 0 Å². The summed E-state index contributed by atoms with van der Waals surface area (Å²) in [6.07, 6.45) is 0.730. The topological polar surface area (TPSA) is 62.3 Å². The molecule has 1 atom stereocenters. The fourth-order valence-electron chi connectivity index (χ4n) is 2.57. The summed E-state index contributed by atoms with van der Waals surface area (Å²) in [5.74, 6) is 1.51. The minimum Gasteiger partial charge on any atom is -0.497 e. The minimum atomic E-state index is -0.146. The van der Waals surface area contributed by atoms with E-state index in [1.54, 1.807) is 14.2 Å². The predicted molar refractivity (Wildman–Crippen MR) is 82.9 cm³/mol. The van der Waals surface area contributed by atoms with Crippen molar-refractivity contribution in [3.8, 4) is 11.5 Å². The van der Waals surface area contributed by atoms with Gasteiger partial charge < -0.3 is 15.2 Å². The highest BCUT2D eigenvalue weighted by Gasteiger charge is 2.18. The van der Waals surface area contributed by atoms with Gasteiger partial charge in [0.25, 0.3) is 0 Å². The first-order valence-electron chi connectivity index (χ1n) is 6.94. The van der Waals surface area contributed by atoms with E-state index in [1.165, 1.54) is 5.56 Å². The molecule has 0 saturated carbocycles. The van der Waals surface area contributed by atoms with Gasteiger partial charge in [-0.3, -0.25) is 4.68 Å². The van der Waals surface area contributed by atoms with Gasteiger partial charge in [0.15, 0.2) is 0 Å². The Hall–Kier alpha value is -2.01. The van der Waals surface area contributed by atoms with Gasteiger partial charge in [0.1, 0.15) is 11.5 Å². The molecule has 0 aliphatic carbocycles. The summed E-state index contributed by atoms with van der Waals surface area (Å²) < 4.78 is 12.5. The SMILES string of the molecule is COc1ccc(C(N)Cc2c(C)nn(C)c2C)c(OC)c1. The highest BCUT2D eigenvalue weighted by atomic mass is 16.5. The molecule has 2 rings (SSSR count). The molecule has 21 heavy (non-hydrogen) atoms. The lowest BCUT2D eigenvalue weighted by Gasteiger charge is -2.17. The maximum Gasteiger partial charge on any atom is 0.127 e. The molecule has 114 valence electrons. The zero-order chi connectivity index (χ0) is 15.6. The van der Waals surface area contributed by atoms with E-state index in [2.05, 4.69) is 12.0 Å². The zero-order valence-corrected chi connectivity index (χ0v) is 13.3. The van der Waals surface area contributed by atoms with E-state index in [9.17, 15) is 0 Å². The van der Waals surface area contributed by atoms with Gasteiger partial charge in [-0.25, -0.2) is 0 Å². The summed E-state index contributed by atoms with van der Waals surface area (Å²) in [4.78, 5) is 0. The second-order valence-electron chi connectivity index (χ2n) is 5.19. The zero-order valence-electron chi connectivity index (χ0n) is 13.3. The maximum atomic E-state index is 6.38. The molecule has 0 fully saturated rings. The highest BCUT2D eigenvalue weighted by Crippen LogP contribution is 2.31. The molecule has 0 aliphatic rings. The van der Waals surface area contributed by atoms with E-state index in [4.69, 9.17) is 15.2 Å². The van der Waals surface area contributed by atoms with Crippen LogP contribution in [-0.2, 0) is 13.5 Å². The van der Waals surface area contributed by atoms with Gasteiger partial charge in [-0.2, -0.15) is 5.10 Å². The molecule has 0 amide bonds. The van der Waals surface area contributed by atoms with E-state index in [-0.39, 0.29) is 6.04 Å². The first-order valence-corrected chi connectivity index (χ1v) is 6.94. The molecule has 0 spiro atoms. The first kappa shape index (κ1) is 15.4. The maximum absolute atomic E-state index is 6.38. The molecule has 0 bridgehead atoms. The van der Waals surface area contributed by atoms with Crippen LogP contribution in [0, 0.1) is 13.8 Å². The van der Waals surface area contributed by atoms with Crippen molar-refractivity contribution in [1.82, 2.24) is 9.78 Å². The van der Waals surface area contributed by atoms with Crippen molar-refractivity contribution >= 4 is 0 Å². The van der Waals surface area contributed by atoms with Gasteiger partial charge in [0, 0.05) is 30.4 Å². The van der Waals surface area contributed by atoms with Gasteiger partial charge >= 0.3 is 0 Å². The van der Waals surface area contributed by atoms with E-state index >= 15 is 0 Å². The molecular formula is C16H23N3O2. The van der Waals surface area contributed by atoms with Gasteiger partial charge in [0.05, 0.1) is 19.9 Å². The Morgan fingerprint density at radius 1 is 1.24 bits per heavy atom. The Balaban J connectivity index is 2.30. The minimum absolute atomic E-state index is 0.146. The Morgan fingerprint density at radius 3 is 2.48 bits per heavy atom. The monoisotopic (exact) mass is 289 g/mol. The number of rotatable bonds is 5. The summed E-state index contributed by atoms with van der Waals surface area (Å²) in [7, 11) is 5.23. The molecule has 2 aromatic rings. The van der Waals surface area contributed by atoms with Crippen molar-refractivity contribution in [1.29, 1.82) is 0 Å². The number of hydrogen-bond acceptors (Lipinski definition) is 4. The van der Waals surface area contributed by atoms with Crippen molar-refractivity contribution in [2.45, 2.75) is 26.3 Å². The Kier molecular flexibility index (Phi) is 4.53. The van der Waals surface area contributed by atoms with Crippen LogP contribution in [-0.4, -0.2) is 24.0 Å². The second kappa shape index (κ2) is 6.18. The molecule has 5 heteroatoms. The number of hydrogen-bond donors (Lipinski definition) is 1. The van der Waals surface area contributed by atoms with Gasteiger partial charge in [-0.05, 0) is 31.9 Å². The van der Waals surface area contributed by atoms with Gasteiger partial charge in [-0.15, -0.1) is 0 Å². The van der Waals surface area contributed by atoms with E-state index in [0.717, 1.165) is 34.9 Å². The van der Waals surface area contributed by atoms with Crippen LogP contribution in [0.4, 0.5) is 0 Å². The average Bonchev–Trinajstić information content (AvgIpc) is 2.72. The van der Waals surface area contributed by atoms with Crippen LogP contribution in [0.25, 0.3) is 0 Å². The predicted octanol–water partition coefficient (Wildman–Crippen LogP) is 2.30. The van der Waals surface area contributed by atoms with E-state index in [0.29, 0.717) is 0 Å². The van der Waals surface area contributed by atoms with Crippen LogP contribution >= 0.6 is 0 Å². The third-order valence-corrected chi connectivity index (χ3v) is 3.92. The second-order valence-corrected chi connectivity index (χ2v) is 5.19. The molecule has 0 radical (unpaired) electrons. The summed E-state index contributed by atoms with van der Waals surface area (Å²) >= 11 is 0. The molecule has 1 aromatic carbocycles. The lowest BCUT2D eigenvalue weighted by atomic mass is 9.97.